The van der Waals surface area contributed by atoms with Gasteiger partial charge in [0.25, 0.3) is 0 Å². The largest absolute Gasteiger partial charge is 0.295 e. The van der Waals surface area contributed by atoms with Crippen molar-refractivity contribution in [2.75, 3.05) is 11.5 Å². The lowest BCUT2D eigenvalue weighted by molar-refractivity contribution is 0.101. The lowest BCUT2D eigenvalue weighted by Gasteiger charge is -2.33. The minimum atomic E-state index is 0.149. The number of ketones is 1. The Hall–Kier alpha value is -0.760. The fourth-order valence-electron chi connectivity index (χ4n) is 2.22. The third-order valence-electron chi connectivity index (χ3n) is 3.58. The first-order chi connectivity index (χ1) is 7.62. The molecule has 1 heterocycles. The average molecular weight is 234 g/mol. The highest BCUT2D eigenvalue weighted by molar-refractivity contribution is 7.99. The van der Waals surface area contributed by atoms with Gasteiger partial charge < -0.3 is 0 Å². The van der Waals surface area contributed by atoms with Crippen LogP contribution in [0, 0.1) is 0 Å². The SMILES string of the molecule is CC(=O)c1ccc(C2(C)CCSCC2)cc1. The quantitative estimate of drug-likeness (QED) is 0.726. The molecule has 0 atom stereocenters. The minimum Gasteiger partial charge on any atom is -0.295 e. The second kappa shape index (κ2) is 4.62. The number of thioether (sulfide) groups is 1. The third kappa shape index (κ3) is 2.32. The van der Waals surface area contributed by atoms with Crippen LogP contribution in [0.25, 0.3) is 0 Å². The Kier molecular flexibility index (Phi) is 3.38. The van der Waals surface area contributed by atoms with Crippen molar-refractivity contribution in [2.24, 2.45) is 0 Å². The first-order valence-corrected chi connectivity index (χ1v) is 6.96. The van der Waals surface area contributed by atoms with Crippen molar-refractivity contribution in [3.05, 3.63) is 35.4 Å². The monoisotopic (exact) mass is 234 g/mol. The van der Waals surface area contributed by atoms with Crippen molar-refractivity contribution in [3.8, 4) is 0 Å². The van der Waals surface area contributed by atoms with E-state index < -0.39 is 0 Å². The van der Waals surface area contributed by atoms with Gasteiger partial charge in [-0.3, -0.25) is 4.79 Å². The maximum Gasteiger partial charge on any atom is 0.159 e. The van der Waals surface area contributed by atoms with Crippen molar-refractivity contribution in [2.45, 2.75) is 32.1 Å². The molecule has 0 amide bonds. The summed E-state index contributed by atoms with van der Waals surface area (Å²) in [6, 6.07) is 8.19. The first kappa shape index (κ1) is 11.7. The summed E-state index contributed by atoms with van der Waals surface area (Å²) < 4.78 is 0. The first-order valence-electron chi connectivity index (χ1n) is 5.81. The van der Waals surface area contributed by atoms with E-state index in [1.54, 1.807) is 6.92 Å². The van der Waals surface area contributed by atoms with Crippen LogP contribution in [0.3, 0.4) is 0 Å². The molecule has 2 rings (SSSR count). The van der Waals surface area contributed by atoms with Gasteiger partial charge in [-0.2, -0.15) is 11.8 Å². The smallest absolute Gasteiger partial charge is 0.159 e. The average Bonchev–Trinajstić information content (AvgIpc) is 2.30. The zero-order valence-electron chi connectivity index (χ0n) is 9.95. The maximum atomic E-state index is 11.2. The van der Waals surface area contributed by atoms with Crippen LogP contribution in [-0.4, -0.2) is 17.3 Å². The van der Waals surface area contributed by atoms with Gasteiger partial charge in [-0.15, -0.1) is 0 Å². The van der Waals surface area contributed by atoms with Crippen LogP contribution in [0.1, 0.15) is 42.6 Å². The lowest BCUT2D eigenvalue weighted by atomic mass is 9.77. The molecule has 16 heavy (non-hydrogen) atoms. The van der Waals surface area contributed by atoms with Crippen LogP contribution in [0.4, 0.5) is 0 Å². The molecule has 0 aromatic heterocycles. The predicted molar refractivity (Wildman–Crippen MR) is 70.4 cm³/mol. The summed E-state index contributed by atoms with van der Waals surface area (Å²) in [5, 5.41) is 0. The topological polar surface area (TPSA) is 17.1 Å². The molecule has 0 saturated carbocycles. The van der Waals surface area contributed by atoms with Crippen LogP contribution in [-0.2, 0) is 5.41 Å². The van der Waals surface area contributed by atoms with E-state index >= 15 is 0 Å². The molecule has 1 aliphatic rings. The molecule has 2 heteroatoms. The molecule has 1 aromatic rings. The van der Waals surface area contributed by atoms with Gasteiger partial charge in [0.15, 0.2) is 5.78 Å². The van der Waals surface area contributed by atoms with Crippen molar-refractivity contribution >= 4 is 17.5 Å². The number of Topliss-reactive ketones (excluding diaryl/α,β-unsaturated/α-hetero) is 1. The Morgan fingerprint density at radius 3 is 2.25 bits per heavy atom. The molecule has 0 spiro atoms. The Morgan fingerprint density at radius 1 is 1.19 bits per heavy atom. The van der Waals surface area contributed by atoms with E-state index in [1.165, 1.54) is 29.9 Å². The number of carbonyl (C=O) groups excluding carboxylic acids is 1. The van der Waals surface area contributed by atoms with Gasteiger partial charge in [-0.25, -0.2) is 0 Å². The molecule has 0 aliphatic carbocycles. The van der Waals surface area contributed by atoms with Gasteiger partial charge in [-0.1, -0.05) is 31.2 Å². The number of benzene rings is 1. The Labute approximate surface area is 102 Å². The molecule has 0 bridgehead atoms. The second-order valence-electron chi connectivity index (χ2n) is 4.81. The highest BCUT2D eigenvalue weighted by atomic mass is 32.2. The van der Waals surface area contributed by atoms with Gasteiger partial charge in [-0.05, 0) is 42.2 Å². The van der Waals surface area contributed by atoms with E-state index in [1.807, 2.05) is 23.9 Å². The molecule has 86 valence electrons. The molecule has 1 nitrogen and oxygen atoms in total. The maximum absolute atomic E-state index is 11.2. The molecule has 1 aliphatic heterocycles. The van der Waals surface area contributed by atoms with Crippen LogP contribution in [0.15, 0.2) is 24.3 Å². The molecule has 1 fully saturated rings. The molecule has 1 aromatic carbocycles. The molecule has 0 N–H and O–H groups in total. The summed E-state index contributed by atoms with van der Waals surface area (Å²) in [5.41, 5.74) is 2.52. The van der Waals surface area contributed by atoms with Crippen LogP contribution in [0.5, 0.6) is 0 Å². The Morgan fingerprint density at radius 2 is 1.75 bits per heavy atom. The fraction of sp³-hybridized carbons (Fsp3) is 0.500. The van der Waals surface area contributed by atoms with E-state index in [4.69, 9.17) is 0 Å². The predicted octanol–water partition coefficient (Wildman–Crippen LogP) is 3.67. The summed E-state index contributed by atoms with van der Waals surface area (Å²) in [6.07, 6.45) is 2.49. The van der Waals surface area contributed by atoms with E-state index in [-0.39, 0.29) is 5.78 Å². The van der Waals surface area contributed by atoms with E-state index in [9.17, 15) is 4.79 Å². The molecular weight excluding hydrogens is 216 g/mol. The minimum absolute atomic E-state index is 0.149. The van der Waals surface area contributed by atoms with E-state index in [0.717, 1.165) is 5.56 Å². The standard InChI is InChI=1S/C14H18OS/c1-11(15)12-3-5-13(6-4-12)14(2)7-9-16-10-8-14/h3-6H,7-10H2,1-2H3. The lowest BCUT2D eigenvalue weighted by Crippen LogP contribution is -2.27. The van der Waals surface area contributed by atoms with Crippen molar-refractivity contribution < 1.29 is 4.79 Å². The second-order valence-corrected chi connectivity index (χ2v) is 6.03. The summed E-state index contributed by atoms with van der Waals surface area (Å²) >= 11 is 2.05. The van der Waals surface area contributed by atoms with E-state index in [2.05, 4.69) is 19.1 Å². The van der Waals surface area contributed by atoms with Gasteiger partial charge in [0.1, 0.15) is 0 Å². The summed E-state index contributed by atoms with van der Waals surface area (Å²) in [5.74, 6) is 2.66. The van der Waals surface area contributed by atoms with Crippen LogP contribution < -0.4 is 0 Å². The van der Waals surface area contributed by atoms with Gasteiger partial charge in [0, 0.05) is 5.56 Å². The van der Waals surface area contributed by atoms with Crippen molar-refractivity contribution in [1.29, 1.82) is 0 Å². The van der Waals surface area contributed by atoms with Gasteiger partial charge >= 0.3 is 0 Å². The summed E-state index contributed by atoms with van der Waals surface area (Å²) in [6.45, 7) is 3.96. The van der Waals surface area contributed by atoms with Crippen molar-refractivity contribution in [3.63, 3.8) is 0 Å². The number of rotatable bonds is 2. The molecular formula is C14H18OS. The number of hydrogen-bond acceptors (Lipinski definition) is 2. The zero-order valence-corrected chi connectivity index (χ0v) is 10.8. The zero-order chi connectivity index (χ0) is 11.6. The molecule has 0 radical (unpaired) electrons. The van der Waals surface area contributed by atoms with Crippen LogP contribution >= 0.6 is 11.8 Å². The highest BCUT2D eigenvalue weighted by Crippen LogP contribution is 2.37. The summed E-state index contributed by atoms with van der Waals surface area (Å²) in [7, 11) is 0. The highest BCUT2D eigenvalue weighted by Gasteiger charge is 2.28. The van der Waals surface area contributed by atoms with Gasteiger partial charge in [0.05, 0.1) is 0 Å². The van der Waals surface area contributed by atoms with Gasteiger partial charge in [0.2, 0.25) is 0 Å². The summed E-state index contributed by atoms with van der Waals surface area (Å²) in [4.78, 5) is 11.2. The Balaban J connectivity index is 2.23. The number of carbonyl (C=O) groups is 1. The van der Waals surface area contributed by atoms with Crippen LogP contribution in [0.2, 0.25) is 0 Å². The number of hydrogen-bond donors (Lipinski definition) is 0. The third-order valence-corrected chi connectivity index (χ3v) is 4.57. The molecule has 0 unspecified atom stereocenters. The van der Waals surface area contributed by atoms with E-state index in [0.29, 0.717) is 5.41 Å². The normalized spacial score (nSPS) is 19.4. The molecule has 1 saturated heterocycles. The fourth-order valence-corrected chi connectivity index (χ4v) is 3.61. The van der Waals surface area contributed by atoms with Crippen molar-refractivity contribution in [1.82, 2.24) is 0 Å². The Bertz CT molecular complexity index is 374.